The Morgan fingerprint density at radius 3 is 2.58 bits per heavy atom. The van der Waals surface area contributed by atoms with Gasteiger partial charge in [-0.3, -0.25) is 4.90 Å². The topological polar surface area (TPSA) is 63.0 Å². The molecule has 2 aromatic carbocycles. The number of aromatic nitrogens is 1. The third-order valence-electron chi connectivity index (χ3n) is 5.70. The first-order valence-corrected chi connectivity index (χ1v) is 10.5. The smallest absolute Gasteiger partial charge is 0.231 e. The molecule has 0 unspecified atom stereocenters. The van der Waals surface area contributed by atoms with Crippen LogP contribution in [0, 0.1) is 5.82 Å². The van der Waals surface area contributed by atoms with Crippen molar-refractivity contribution < 1.29 is 18.4 Å². The van der Waals surface area contributed by atoms with Crippen LogP contribution in [0.1, 0.15) is 5.76 Å². The van der Waals surface area contributed by atoms with E-state index in [1.165, 1.54) is 12.1 Å². The van der Waals surface area contributed by atoms with Crippen LogP contribution in [-0.4, -0.2) is 56.1 Å². The van der Waals surface area contributed by atoms with Gasteiger partial charge < -0.3 is 24.2 Å². The lowest BCUT2D eigenvalue weighted by Gasteiger charge is -2.36. The van der Waals surface area contributed by atoms with Crippen molar-refractivity contribution in [1.82, 2.24) is 15.4 Å². The van der Waals surface area contributed by atoms with Gasteiger partial charge in [-0.15, -0.1) is 0 Å². The summed E-state index contributed by atoms with van der Waals surface area (Å²) in [5.41, 5.74) is 2.81. The average Bonchev–Trinajstić information content (AvgIpc) is 3.47. The molecule has 7 nitrogen and oxygen atoms in total. The SMILES string of the molecule is Fc1ccc(N2CCN(CCNCc3cc(-c4ccc5c(c4)OCO5)no3)CC2)cc1. The number of nitrogens with zero attached hydrogens (tertiary/aromatic N) is 3. The molecule has 0 saturated carbocycles. The number of fused-ring (bicyclic) bond motifs is 1. The molecular weight excluding hydrogens is 399 g/mol. The lowest BCUT2D eigenvalue weighted by molar-refractivity contribution is 0.174. The van der Waals surface area contributed by atoms with E-state index in [9.17, 15) is 4.39 Å². The monoisotopic (exact) mass is 424 g/mol. The summed E-state index contributed by atoms with van der Waals surface area (Å²) < 4.78 is 29.3. The minimum atomic E-state index is -0.191. The van der Waals surface area contributed by atoms with Crippen LogP contribution >= 0.6 is 0 Å². The maximum absolute atomic E-state index is 13.1. The van der Waals surface area contributed by atoms with E-state index in [0.717, 1.165) is 73.5 Å². The molecule has 3 heterocycles. The molecule has 0 bridgehead atoms. The van der Waals surface area contributed by atoms with Crippen molar-refractivity contribution in [3.63, 3.8) is 0 Å². The third kappa shape index (κ3) is 4.65. The number of hydrogen-bond donors (Lipinski definition) is 1. The Balaban J connectivity index is 1.05. The fourth-order valence-corrected chi connectivity index (χ4v) is 3.92. The van der Waals surface area contributed by atoms with Crippen LogP contribution in [0.2, 0.25) is 0 Å². The van der Waals surface area contributed by atoms with Crippen LogP contribution in [0.4, 0.5) is 10.1 Å². The minimum absolute atomic E-state index is 0.191. The average molecular weight is 424 g/mol. The first-order chi connectivity index (χ1) is 15.2. The third-order valence-corrected chi connectivity index (χ3v) is 5.70. The van der Waals surface area contributed by atoms with Crippen molar-refractivity contribution in [2.24, 2.45) is 0 Å². The summed E-state index contributed by atoms with van der Waals surface area (Å²) in [6.07, 6.45) is 0. The molecule has 2 aliphatic rings. The Morgan fingerprint density at radius 2 is 1.74 bits per heavy atom. The molecule has 3 aromatic rings. The van der Waals surface area contributed by atoms with E-state index in [1.807, 2.05) is 36.4 Å². The molecule has 1 fully saturated rings. The van der Waals surface area contributed by atoms with Crippen LogP contribution < -0.4 is 19.7 Å². The van der Waals surface area contributed by atoms with Gasteiger partial charge in [0, 0.05) is 56.6 Å². The van der Waals surface area contributed by atoms with Gasteiger partial charge in [-0.05, 0) is 42.5 Å². The van der Waals surface area contributed by atoms with Crippen LogP contribution in [-0.2, 0) is 6.54 Å². The van der Waals surface area contributed by atoms with E-state index in [0.29, 0.717) is 6.54 Å². The highest BCUT2D eigenvalue weighted by molar-refractivity contribution is 5.64. The minimum Gasteiger partial charge on any atom is -0.454 e. The molecule has 5 rings (SSSR count). The van der Waals surface area contributed by atoms with E-state index in [-0.39, 0.29) is 12.6 Å². The summed E-state index contributed by atoms with van der Waals surface area (Å²) in [4.78, 5) is 4.74. The first kappa shape index (κ1) is 19.8. The zero-order valence-electron chi connectivity index (χ0n) is 17.2. The van der Waals surface area contributed by atoms with Gasteiger partial charge in [0.1, 0.15) is 11.5 Å². The summed E-state index contributed by atoms with van der Waals surface area (Å²) in [6.45, 7) is 6.63. The molecule has 1 saturated heterocycles. The van der Waals surface area contributed by atoms with Crippen LogP contribution in [0.25, 0.3) is 11.3 Å². The van der Waals surface area contributed by atoms with Gasteiger partial charge in [0.25, 0.3) is 0 Å². The Hall–Kier alpha value is -3.10. The Bertz CT molecular complexity index is 1020. The second kappa shape index (κ2) is 8.95. The van der Waals surface area contributed by atoms with Gasteiger partial charge in [-0.1, -0.05) is 5.16 Å². The highest BCUT2D eigenvalue weighted by Gasteiger charge is 2.18. The number of rotatable bonds is 7. The number of benzene rings is 2. The molecule has 0 atom stereocenters. The molecule has 8 heteroatoms. The number of hydrogen-bond acceptors (Lipinski definition) is 7. The van der Waals surface area contributed by atoms with E-state index in [2.05, 4.69) is 20.3 Å². The van der Waals surface area contributed by atoms with Gasteiger partial charge in [0.2, 0.25) is 6.79 Å². The predicted octanol–water partition coefficient (Wildman–Crippen LogP) is 3.12. The van der Waals surface area contributed by atoms with Gasteiger partial charge >= 0.3 is 0 Å². The molecule has 0 radical (unpaired) electrons. The summed E-state index contributed by atoms with van der Waals surface area (Å²) in [7, 11) is 0. The molecule has 1 N–H and O–H groups in total. The molecule has 0 aliphatic carbocycles. The molecule has 1 aromatic heterocycles. The summed E-state index contributed by atoms with van der Waals surface area (Å²) >= 11 is 0. The lowest BCUT2D eigenvalue weighted by atomic mass is 10.1. The number of anilines is 1. The van der Waals surface area contributed by atoms with Crippen LogP contribution in [0.3, 0.4) is 0 Å². The summed E-state index contributed by atoms with van der Waals surface area (Å²) in [5.74, 6) is 2.10. The van der Waals surface area contributed by atoms with Crippen molar-refractivity contribution in [2.45, 2.75) is 6.54 Å². The van der Waals surface area contributed by atoms with Gasteiger partial charge in [-0.25, -0.2) is 4.39 Å². The Morgan fingerprint density at radius 1 is 0.935 bits per heavy atom. The molecule has 31 heavy (non-hydrogen) atoms. The quantitative estimate of drug-likeness (QED) is 0.585. The molecule has 2 aliphatic heterocycles. The standard InChI is InChI=1S/C23H25FN4O3/c24-18-2-4-19(5-3-18)28-11-9-27(10-12-28)8-7-25-15-20-14-21(26-31-20)17-1-6-22-23(13-17)30-16-29-22/h1-6,13-14,25H,7-12,15-16H2. The van der Waals surface area contributed by atoms with Crippen molar-refractivity contribution >= 4 is 5.69 Å². The summed E-state index contributed by atoms with van der Waals surface area (Å²) in [5, 5.41) is 7.60. The maximum Gasteiger partial charge on any atom is 0.231 e. The van der Waals surface area contributed by atoms with Crippen molar-refractivity contribution in [1.29, 1.82) is 0 Å². The van der Waals surface area contributed by atoms with Crippen molar-refractivity contribution in [3.8, 4) is 22.8 Å². The lowest BCUT2D eigenvalue weighted by Crippen LogP contribution is -2.48. The summed E-state index contributed by atoms with van der Waals surface area (Å²) in [6, 6.07) is 14.5. The van der Waals surface area contributed by atoms with Gasteiger partial charge in [0.15, 0.2) is 17.3 Å². The molecular formula is C23H25FN4O3. The van der Waals surface area contributed by atoms with Crippen molar-refractivity contribution in [3.05, 3.63) is 60.1 Å². The zero-order chi connectivity index (χ0) is 21.0. The fourth-order valence-electron chi connectivity index (χ4n) is 3.92. The van der Waals surface area contributed by atoms with E-state index < -0.39 is 0 Å². The number of nitrogens with one attached hydrogen (secondary N) is 1. The van der Waals surface area contributed by atoms with Gasteiger partial charge in [-0.2, -0.15) is 0 Å². The van der Waals surface area contributed by atoms with E-state index in [1.54, 1.807) is 0 Å². The molecule has 0 amide bonds. The predicted molar refractivity (Wildman–Crippen MR) is 115 cm³/mol. The molecule has 0 spiro atoms. The van der Waals surface area contributed by atoms with Crippen LogP contribution in [0.15, 0.2) is 53.1 Å². The normalized spacial score (nSPS) is 16.1. The zero-order valence-corrected chi connectivity index (χ0v) is 17.2. The Labute approximate surface area is 180 Å². The second-order valence-corrected chi connectivity index (χ2v) is 7.73. The second-order valence-electron chi connectivity index (χ2n) is 7.73. The highest BCUT2D eigenvalue weighted by Crippen LogP contribution is 2.35. The number of piperazine rings is 1. The fraction of sp³-hybridized carbons (Fsp3) is 0.348. The van der Waals surface area contributed by atoms with E-state index >= 15 is 0 Å². The van der Waals surface area contributed by atoms with Gasteiger partial charge in [0.05, 0.1) is 6.54 Å². The highest BCUT2D eigenvalue weighted by atomic mass is 19.1. The van der Waals surface area contributed by atoms with E-state index in [4.69, 9.17) is 14.0 Å². The maximum atomic E-state index is 13.1. The largest absolute Gasteiger partial charge is 0.454 e. The number of halogens is 1. The Kier molecular flexibility index (Phi) is 5.73. The molecule has 162 valence electrons. The first-order valence-electron chi connectivity index (χ1n) is 10.5. The van der Waals surface area contributed by atoms with Crippen LogP contribution in [0.5, 0.6) is 11.5 Å². The number of ether oxygens (including phenoxy) is 2. The van der Waals surface area contributed by atoms with Crippen molar-refractivity contribution in [2.75, 3.05) is 51.0 Å².